The lowest BCUT2D eigenvalue weighted by molar-refractivity contribution is -0.267. The van der Waals surface area contributed by atoms with Crippen LogP contribution in [-0.2, 0) is 57.2 Å². The highest BCUT2D eigenvalue weighted by Gasteiger charge is 2.53. The Morgan fingerprint density at radius 3 is 1.93 bits per heavy atom. The molecule has 1 saturated heterocycles. The topological polar surface area (TPSA) is 201 Å². The van der Waals surface area contributed by atoms with Gasteiger partial charge in [-0.15, -0.1) is 0 Å². The molecule has 0 aliphatic carbocycles. The lowest BCUT2D eigenvalue weighted by Crippen LogP contribution is -2.60. The van der Waals surface area contributed by atoms with Gasteiger partial charge < -0.3 is 33.0 Å². The van der Waals surface area contributed by atoms with Gasteiger partial charge in [0.05, 0.1) is 16.7 Å². The fourth-order valence-electron chi connectivity index (χ4n) is 6.89. The van der Waals surface area contributed by atoms with E-state index in [2.05, 4.69) is 4.98 Å². The molecule has 17 heteroatoms. The maximum Gasteiger partial charge on any atom is 0.419 e. The van der Waals surface area contributed by atoms with Gasteiger partial charge in [-0.1, -0.05) is 18.2 Å². The standard InChI is InChI=1S/C39H40N4O13/c1-19(44)51-18-28-31(52-20(2)45)32(53-21(3)46)33(54-22(4)47)37(55-28)43-17-26(24-13-11-15-40-34(24)43)30-29(35(48)41(8)36(30)49)25-16-42(38(50)56-39(5,6)7)27-14-10-9-12-23(25)27/h9-17,28,31-33,37H,18H2,1-8H3/t28-,31-,32+,33-,37?/m1/s1. The van der Waals surface area contributed by atoms with Gasteiger partial charge in [0.15, 0.2) is 24.5 Å². The van der Waals surface area contributed by atoms with Gasteiger partial charge in [0, 0.05) is 75.2 Å². The van der Waals surface area contributed by atoms with E-state index in [4.69, 9.17) is 28.4 Å². The maximum atomic E-state index is 14.2. The third-order valence-corrected chi connectivity index (χ3v) is 8.96. The summed E-state index contributed by atoms with van der Waals surface area (Å²) in [6.07, 6.45) is -3.39. The second-order valence-electron chi connectivity index (χ2n) is 14.2. The van der Waals surface area contributed by atoms with Crippen molar-refractivity contribution in [1.29, 1.82) is 0 Å². The van der Waals surface area contributed by atoms with Gasteiger partial charge >= 0.3 is 30.0 Å². The monoisotopic (exact) mass is 772 g/mol. The first-order valence-electron chi connectivity index (χ1n) is 17.5. The largest absolute Gasteiger partial charge is 0.463 e. The highest BCUT2D eigenvalue weighted by atomic mass is 16.7. The molecule has 5 atom stereocenters. The number of likely N-dealkylation sites (N-methyl/N-ethyl adjacent to an activating group) is 1. The molecule has 0 N–H and O–H groups in total. The van der Waals surface area contributed by atoms with Crippen molar-refractivity contribution in [2.45, 2.75) is 84.7 Å². The van der Waals surface area contributed by atoms with Crippen LogP contribution in [0.15, 0.2) is 55.0 Å². The first-order valence-corrected chi connectivity index (χ1v) is 17.5. The van der Waals surface area contributed by atoms with Crippen molar-refractivity contribution in [2.24, 2.45) is 0 Å². The van der Waals surface area contributed by atoms with Gasteiger partial charge in [-0.25, -0.2) is 9.78 Å². The fourth-order valence-corrected chi connectivity index (χ4v) is 6.89. The molecular formula is C39H40N4O13. The molecule has 3 aromatic heterocycles. The zero-order chi connectivity index (χ0) is 40.8. The predicted octanol–water partition coefficient (Wildman–Crippen LogP) is 3.94. The molecule has 2 aliphatic heterocycles. The molecule has 0 bridgehead atoms. The minimum absolute atomic E-state index is 0.0135. The number of aromatic nitrogens is 3. The number of hydrogen-bond acceptors (Lipinski definition) is 14. The molecular weight excluding hydrogens is 732 g/mol. The van der Waals surface area contributed by atoms with Gasteiger partial charge in [-0.05, 0) is 39.0 Å². The number of fused-ring (bicyclic) bond motifs is 2. The average molecular weight is 773 g/mol. The summed E-state index contributed by atoms with van der Waals surface area (Å²) in [7, 11) is 1.33. The highest BCUT2D eigenvalue weighted by Crippen LogP contribution is 2.43. The molecule has 1 aromatic carbocycles. The Bertz CT molecular complexity index is 2330. The van der Waals surface area contributed by atoms with Crippen molar-refractivity contribution < 1.29 is 62.0 Å². The summed E-state index contributed by atoms with van der Waals surface area (Å²) in [6, 6.07) is 10.1. The second kappa shape index (κ2) is 15.1. The third-order valence-electron chi connectivity index (χ3n) is 8.96. The summed E-state index contributed by atoms with van der Waals surface area (Å²) in [5.41, 5.74) is 0.221. The molecule has 1 fully saturated rings. The number of pyridine rings is 1. The Kier molecular flexibility index (Phi) is 10.6. The number of benzene rings is 1. The van der Waals surface area contributed by atoms with Crippen LogP contribution in [0.3, 0.4) is 0 Å². The van der Waals surface area contributed by atoms with E-state index in [0.29, 0.717) is 16.3 Å². The maximum absolute atomic E-state index is 14.2. The summed E-state index contributed by atoms with van der Waals surface area (Å²) >= 11 is 0. The third kappa shape index (κ3) is 7.49. The van der Waals surface area contributed by atoms with Crippen LogP contribution in [0, 0.1) is 0 Å². The van der Waals surface area contributed by atoms with Crippen LogP contribution in [0.25, 0.3) is 33.1 Å². The lowest BCUT2D eigenvalue weighted by atomic mass is 9.96. The van der Waals surface area contributed by atoms with Crippen LogP contribution in [0.5, 0.6) is 0 Å². The average Bonchev–Trinajstić information content (AvgIpc) is 3.74. The number of imide groups is 1. The summed E-state index contributed by atoms with van der Waals surface area (Å²) in [5.74, 6) is -4.41. The molecule has 0 saturated carbocycles. The van der Waals surface area contributed by atoms with Crippen LogP contribution in [0.1, 0.15) is 65.8 Å². The van der Waals surface area contributed by atoms with E-state index in [1.165, 1.54) is 34.8 Å². The zero-order valence-electron chi connectivity index (χ0n) is 31.9. The van der Waals surface area contributed by atoms with Crippen LogP contribution in [0.2, 0.25) is 0 Å². The number of rotatable bonds is 8. The van der Waals surface area contributed by atoms with Crippen LogP contribution >= 0.6 is 0 Å². The van der Waals surface area contributed by atoms with E-state index in [-0.39, 0.29) is 27.9 Å². The number of carbonyl (C=O) groups excluding carboxylic acids is 7. The number of carbonyl (C=O) groups is 7. The normalized spacial score (nSPS) is 21.4. The zero-order valence-corrected chi connectivity index (χ0v) is 31.9. The minimum atomic E-state index is -1.50. The Balaban J connectivity index is 1.59. The summed E-state index contributed by atoms with van der Waals surface area (Å²) in [5, 5.41) is 0.851. The number of amides is 2. The number of nitrogens with zero attached hydrogens (tertiary/aromatic N) is 4. The number of ether oxygens (including phenoxy) is 6. The van der Waals surface area contributed by atoms with Crippen molar-refractivity contribution in [2.75, 3.05) is 13.7 Å². The molecule has 0 radical (unpaired) electrons. The van der Waals surface area contributed by atoms with Gasteiger partial charge in [0.25, 0.3) is 11.8 Å². The van der Waals surface area contributed by atoms with Crippen molar-refractivity contribution in [3.63, 3.8) is 0 Å². The fraction of sp³-hybridized carbons (Fsp3) is 0.385. The van der Waals surface area contributed by atoms with Gasteiger partial charge in [0.2, 0.25) is 0 Å². The summed E-state index contributed by atoms with van der Waals surface area (Å²) < 4.78 is 36.9. The summed E-state index contributed by atoms with van der Waals surface area (Å²) in [4.78, 5) is 96.6. The van der Waals surface area contributed by atoms with Crippen molar-refractivity contribution in [1.82, 2.24) is 19.0 Å². The first kappa shape index (κ1) is 39.3. The number of esters is 4. The van der Waals surface area contributed by atoms with Gasteiger partial charge in [-0.2, -0.15) is 0 Å². The SMILES string of the molecule is CC(=O)OC[C@H]1OC(n2cc(C3=C(c4cn(C(=O)OC(C)(C)C)c5ccccc45)C(=O)N(C)C3=O)c3cccnc32)[C@H](OC(C)=O)[C@@H](OC(C)=O)[C@@H]1OC(C)=O. The first-order chi connectivity index (χ1) is 26.4. The van der Waals surface area contributed by atoms with Crippen molar-refractivity contribution in [3.8, 4) is 0 Å². The quantitative estimate of drug-likeness (QED) is 0.142. The predicted molar refractivity (Wildman–Crippen MR) is 195 cm³/mol. The highest BCUT2D eigenvalue weighted by molar-refractivity contribution is 6.50. The molecule has 0 spiro atoms. The second-order valence-corrected chi connectivity index (χ2v) is 14.2. The molecule has 1 unspecified atom stereocenters. The number of para-hydroxylation sites is 1. The molecule has 6 rings (SSSR count). The van der Waals surface area contributed by atoms with Crippen LogP contribution < -0.4 is 0 Å². The molecule has 17 nitrogen and oxygen atoms in total. The Morgan fingerprint density at radius 1 is 0.750 bits per heavy atom. The summed E-state index contributed by atoms with van der Waals surface area (Å²) in [6.45, 7) is 9.21. The van der Waals surface area contributed by atoms with E-state index in [1.54, 1.807) is 57.2 Å². The molecule has 5 heterocycles. The van der Waals surface area contributed by atoms with Gasteiger partial charge in [0.1, 0.15) is 24.0 Å². The van der Waals surface area contributed by atoms with E-state index in [1.807, 2.05) is 0 Å². The minimum Gasteiger partial charge on any atom is -0.463 e. The Morgan fingerprint density at radius 2 is 1.32 bits per heavy atom. The smallest absolute Gasteiger partial charge is 0.419 e. The number of hydrogen-bond donors (Lipinski definition) is 0. The molecule has 294 valence electrons. The van der Waals surface area contributed by atoms with Crippen molar-refractivity contribution in [3.05, 3.63) is 66.1 Å². The molecule has 2 amide bonds. The van der Waals surface area contributed by atoms with Crippen LogP contribution in [-0.4, -0.2) is 104 Å². The van der Waals surface area contributed by atoms with E-state index in [9.17, 15) is 33.6 Å². The van der Waals surface area contributed by atoms with Crippen molar-refractivity contribution >= 4 is 74.9 Å². The van der Waals surface area contributed by atoms with E-state index in [0.717, 1.165) is 32.6 Å². The lowest BCUT2D eigenvalue weighted by Gasteiger charge is -2.44. The molecule has 4 aromatic rings. The Hall–Kier alpha value is -6.36. The van der Waals surface area contributed by atoms with E-state index >= 15 is 0 Å². The van der Waals surface area contributed by atoms with Crippen LogP contribution in [0.4, 0.5) is 4.79 Å². The Labute approximate surface area is 320 Å². The van der Waals surface area contributed by atoms with Gasteiger partial charge in [-0.3, -0.25) is 38.2 Å². The molecule has 56 heavy (non-hydrogen) atoms. The molecule has 2 aliphatic rings. The van der Waals surface area contributed by atoms with E-state index < -0.39 is 84.6 Å².